The first-order valence-corrected chi connectivity index (χ1v) is 11.2. The van der Waals surface area contributed by atoms with Crippen LogP contribution in [0.5, 0.6) is 10.9 Å². The first kappa shape index (κ1) is 22.4. The Kier molecular flexibility index (Phi) is 6.83. The number of amides is 1. The van der Waals surface area contributed by atoms with Crippen molar-refractivity contribution in [2.45, 2.75) is 26.4 Å². The summed E-state index contributed by atoms with van der Waals surface area (Å²) in [5.74, 6) is 0.374. The van der Waals surface area contributed by atoms with Gasteiger partial charge in [-0.15, -0.1) is 5.10 Å². The van der Waals surface area contributed by atoms with Gasteiger partial charge in [0.1, 0.15) is 10.9 Å². The Balaban J connectivity index is 1.53. The molecule has 0 aliphatic carbocycles. The van der Waals surface area contributed by atoms with Crippen molar-refractivity contribution in [3.05, 3.63) is 40.9 Å². The molecule has 0 radical (unpaired) electrons. The highest BCUT2D eigenvalue weighted by molar-refractivity contribution is 7.17. The number of aromatic nitrogens is 4. The lowest BCUT2D eigenvalue weighted by Gasteiger charge is -2.14. The van der Waals surface area contributed by atoms with Crippen molar-refractivity contribution in [1.29, 1.82) is 0 Å². The summed E-state index contributed by atoms with van der Waals surface area (Å²) in [5.41, 5.74) is 2.12. The molecule has 1 aliphatic heterocycles. The topological polar surface area (TPSA) is 108 Å². The Bertz CT molecular complexity index is 1130. The minimum Gasteiger partial charge on any atom is -0.494 e. The van der Waals surface area contributed by atoms with Crippen LogP contribution in [-0.4, -0.2) is 52.5 Å². The van der Waals surface area contributed by atoms with Crippen LogP contribution in [0.4, 0.5) is 5.13 Å². The quantitative estimate of drug-likeness (QED) is 0.510. The van der Waals surface area contributed by atoms with Crippen molar-refractivity contribution in [1.82, 2.24) is 20.2 Å². The van der Waals surface area contributed by atoms with Crippen molar-refractivity contribution >= 4 is 34.0 Å². The van der Waals surface area contributed by atoms with Crippen molar-refractivity contribution in [3.63, 3.8) is 0 Å². The summed E-state index contributed by atoms with van der Waals surface area (Å²) in [4.78, 5) is 21.5. The zero-order valence-corrected chi connectivity index (χ0v) is 19.4. The zero-order valence-electron chi connectivity index (χ0n) is 17.8. The largest absolute Gasteiger partial charge is 0.494 e. The van der Waals surface area contributed by atoms with Crippen LogP contribution in [0.25, 0.3) is 11.1 Å². The number of rotatable bonds is 7. The third-order valence-corrected chi connectivity index (χ3v) is 6.00. The number of carbonyl (C=O) groups is 1. The van der Waals surface area contributed by atoms with E-state index in [0.717, 1.165) is 17.8 Å². The summed E-state index contributed by atoms with van der Waals surface area (Å²) >= 11 is 7.53. The smallest absolute Gasteiger partial charge is 0.295 e. The molecule has 4 heterocycles. The number of pyridine rings is 2. The van der Waals surface area contributed by atoms with Crippen molar-refractivity contribution in [2.24, 2.45) is 5.92 Å². The molecule has 1 fully saturated rings. The van der Waals surface area contributed by atoms with Gasteiger partial charge in [0.25, 0.3) is 11.1 Å². The maximum absolute atomic E-state index is 13.1. The molecule has 3 aromatic rings. The number of methoxy groups -OCH3 is 1. The molecule has 0 bridgehead atoms. The monoisotopic (exact) mass is 475 g/mol. The van der Waals surface area contributed by atoms with E-state index in [1.165, 1.54) is 7.11 Å². The van der Waals surface area contributed by atoms with Gasteiger partial charge in [-0.1, -0.05) is 16.7 Å². The molecule has 4 rings (SSSR count). The average molecular weight is 476 g/mol. The van der Waals surface area contributed by atoms with Crippen molar-refractivity contribution < 1.29 is 19.0 Å². The van der Waals surface area contributed by atoms with Gasteiger partial charge in [-0.3, -0.25) is 15.1 Å². The van der Waals surface area contributed by atoms with E-state index >= 15 is 0 Å². The lowest BCUT2D eigenvalue weighted by molar-refractivity contribution is 0.102. The Morgan fingerprint density at radius 1 is 1.38 bits per heavy atom. The number of carbonyl (C=O) groups excluding carboxylic acids is 1. The van der Waals surface area contributed by atoms with E-state index in [-0.39, 0.29) is 16.8 Å². The summed E-state index contributed by atoms with van der Waals surface area (Å²) in [7, 11) is 1.54. The first-order valence-electron chi connectivity index (χ1n) is 9.99. The lowest BCUT2D eigenvalue weighted by atomic mass is 10.0. The van der Waals surface area contributed by atoms with Gasteiger partial charge < -0.3 is 14.2 Å². The van der Waals surface area contributed by atoms with E-state index in [2.05, 4.69) is 25.5 Å². The van der Waals surface area contributed by atoms with Crippen molar-refractivity contribution in [2.75, 3.05) is 25.6 Å². The van der Waals surface area contributed by atoms with Crippen LogP contribution < -0.4 is 14.8 Å². The maximum Gasteiger partial charge on any atom is 0.295 e. The SMILES string of the molecule is COc1cnccc1-c1cc(C)nc(Cl)c1C(=O)Nc1nnc(OC[C@@H]2CO[C@H](C)C2)s1. The van der Waals surface area contributed by atoms with Crippen LogP contribution in [0, 0.1) is 12.8 Å². The molecule has 11 heteroatoms. The lowest BCUT2D eigenvalue weighted by Crippen LogP contribution is -2.15. The minimum atomic E-state index is -0.461. The van der Waals surface area contributed by atoms with Crippen LogP contribution >= 0.6 is 22.9 Å². The van der Waals surface area contributed by atoms with Gasteiger partial charge in [-0.25, -0.2) is 4.98 Å². The van der Waals surface area contributed by atoms with E-state index in [0.29, 0.717) is 52.0 Å². The molecule has 1 amide bonds. The van der Waals surface area contributed by atoms with E-state index in [9.17, 15) is 4.79 Å². The minimum absolute atomic E-state index is 0.0766. The fourth-order valence-electron chi connectivity index (χ4n) is 3.52. The van der Waals surface area contributed by atoms with Gasteiger partial charge >= 0.3 is 0 Å². The number of hydrogen-bond donors (Lipinski definition) is 1. The summed E-state index contributed by atoms with van der Waals surface area (Å²) in [6, 6.07) is 3.53. The third kappa shape index (κ3) is 4.98. The van der Waals surface area contributed by atoms with E-state index in [1.54, 1.807) is 31.5 Å². The van der Waals surface area contributed by atoms with Gasteiger partial charge in [-0.05, 0) is 43.7 Å². The van der Waals surface area contributed by atoms with Gasteiger partial charge in [0, 0.05) is 28.9 Å². The van der Waals surface area contributed by atoms with Crippen molar-refractivity contribution in [3.8, 4) is 22.1 Å². The third-order valence-electron chi connectivity index (χ3n) is 4.98. The van der Waals surface area contributed by atoms with Crippen LogP contribution in [0.15, 0.2) is 24.5 Å². The highest BCUT2D eigenvalue weighted by Crippen LogP contribution is 2.35. The molecule has 1 N–H and O–H groups in total. The van der Waals surface area contributed by atoms with Crippen LogP contribution in [0.1, 0.15) is 29.4 Å². The Labute approximate surface area is 194 Å². The van der Waals surface area contributed by atoms with Gasteiger partial charge in [-0.2, -0.15) is 0 Å². The predicted octanol–water partition coefficient (Wildman–Crippen LogP) is 4.02. The summed E-state index contributed by atoms with van der Waals surface area (Å²) in [5, 5.41) is 11.5. The molecule has 2 atom stereocenters. The molecule has 1 aliphatic rings. The molecule has 0 aromatic carbocycles. The molecule has 32 heavy (non-hydrogen) atoms. The molecule has 3 aromatic heterocycles. The fraction of sp³-hybridized carbons (Fsp3) is 0.381. The Morgan fingerprint density at radius 2 is 2.22 bits per heavy atom. The average Bonchev–Trinajstić information content (AvgIpc) is 3.39. The zero-order chi connectivity index (χ0) is 22.7. The van der Waals surface area contributed by atoms with Gasteiger partial charge in [0.15, 0.2) is 0 Å². The van der Waals surface area contributed by atoms with E-state index in [4.69, 9.17) is 25.8 Å². The summed E-state index contributed by atoms with van der Waals surface area (Å²) < 4.78 is 16.7. The predicted molar refractivity (Wildman–Crippen MR) is 121 cm³/mol. The standard InChI is InChI=1S/C21H22ClN5O4S/c1-11-6-15(14-4-5-23-8-16(14)29-3)17(18(22)24-11)19(28)25-20-26-27-21(32-20)31-10-13-7-12(2)30-9-13/h4-6,8,12-13H,7,9-10H2,1-3H3,(H,25,26,28)/t12-,13+/m1/s1. The molecular formula is C21H22ClN5O4S. The molecule has 9 nitrogen and oxygen atoms in total. The van der Waals surface area contributed by atoms with Gasteiger partial charge in [0.05, 0.1) is 38.2 Å². The molecule has 0 unspecified atom stereocenters. The second kappa shape index (κ2) is 9.76. The number of nitrogens with zero attached hydrogens (tertiary/aromatic N) is 4. The van der Waals surface area contributed by atoms with Crippen LogP contribution in [0.3, 0.4) is 0 Å². The highest BCUT2D eigenvalue weighted by Gasteiger charge is 2.24. The number of hydrogen-bond acceptors (Lipinski definition) is 9. The summed E-state index contributed by atoms with van der Waals surface area (Å²) in [6.07, 6.45) is 4.38. The second-order valence-corrected chi connectivity index (χ2v) is 8.73. The van der Waals surface area contributed by atoms with Crippen LogP contribution in [-0.2, 0) is 4.74 Å². The number of ether oxygens (including phenoxy) is 3. The Hall–Kier alpha value is -2.82. The van der Waals surface area contributed by atoms with E-state index in [1.807, 2.05) is 6.92 Å². The first-order chi connectivity index (χ1) is 15.4. The number of nitrogens with one attached hydrogen (secondary N) is 1. The molecular weight excluding hydrogens is 454 g/mol. The maximum atomic E-state index is 13.1. The highest BCUT2D eigenvalue weighted by atomic mass is 35.5. The molecule has 1 saturated heterocycles. The molecule has 0 spiro atoms. The number of halogens is 1. The molecule has 0 saturated carbocycles. The summed E-state index contributed by atoms with van der Waals surface area (Å²) in [6.45, 7) is 5.00. The number of aryl methyl sites for hydroxylation is 1. The van der Waals surface area contributed by atoms with Gasteiger partial charge in [0.2, 0.25) is 5.13 Å². The van der Waals surface area contributed by atoms with Crippen LogP contribution in [0.2, 0.25) is 5.15 Å². The second-order valence-electron chi connectivity index (χ2n) is 7.44. The van der Waals surface area contributed by atoms with E-state index < -0.39 is 5.91 Å². The molecule has 168 valence electrons. The number of anilines is 1. The fourth-order valence-corrected chi connectivity index (χ4v) is 4.44. The Morgan fingerprint density at radius 3 is 2.97 bits per heavy atom. The normalized spacial score (nSPS) is 17.9.